The summed E-state index contributed by atoms with van der Waals surface area (Å²) >= 11 is 0. The number of benzene rings is 1. The normalized spacial score (nSPS) is 16.3. The number of amides is 1. The van der Waals surface area contributed by atoms with Crippen LogP contribution in [-0.4, -0.2) is 12.5 Å². The lowest BCUT2D eigenvalue weighted by Crippen LogP contribution is -2.35. The average molecular weight is 230 g/mol. The Kier molecular flexibility index (Phi) is 2.92. The summed E-state index contributed by atoms with van der Waals surface area (Å²) in [4.78, 5) is 12.1. The van der Waals surface area contributed by atoms with E-state index in [1.807, 2.05) is 31.2 Å². The van der Waals surface area contributed by atoms with Crippen molar-refractivity contribution in [1.82, 2.24) is 5.32 Å². The van der Waals surface area contributed by atoms with E-state index in [2.05, 4.69) is 11.9 Å². The highest BCUT2D eigenvalue weighted by Crippen LogP contribution is 2.48. The Balaban J connectivity index is 2.11. The Bertz CT molecular complexity index is 444. The molecule has 0 unspecified atom stereocenters. The van der Waals surface area contributed by atoms with Gasteiger partial charge in [-0.15, -0.1) is 0 Å². The van der Waals surface area contributed by atoms with Crippen LogP contribution in [0.15, 0.2) is 36.4 Å². The zero-order chi connectivity index (χ0) is 12.5. The first kappa shape index (κ1) is 11.7. The first-order chi connectivity index (χ1) is 8.04. The van der Waals surface area contributed by atoms with Crippen LogP contribution in [0.5, 0.6) is 0 Å². The quantitative estimate of drug-likeness (QED) is 0.614. The van der Waals surface area contributed by atoms with Crippen molar-refractivity contribution in [3.05, 3.63) is 42.0 Å². The van der Waals surface area contributed by atoms with Gasteiger partial charge in [-0.05, 0) is 37.5 Å². The molecular formula is C14H18N2O. The lowest BCUT2D eigenvalue weighted by Gasteiger charge is -2.16. The van der Waals surface area contributed by atoms with E-state index >= 15 is 0 Å². The number of rotatable bonds is 4. The summed E-state index contributed by atoms with van der Waals surface area (Å²) in [5.41, 5.74) is 8.09. The summed E-state index contributed by atoms with van der Waals surface area (Å²) in [6, 6.07) is 7.59. The molecule has 0 spiro atoms. The van der Waals surface area contributed by atoms with Crippen LogP contribution in [0.4, 0.5) is 5.69 Å². The van der Waals surface area contributed by atoms with Crippen molar-refractivity contribution in [1.29, 1.82) is 0 Å². The molecule has 0 bridgehead atoms. The number of hydrogen-bond donors (Lipinski definition) is 2. The van der Waals surface area contributed by atoms with Gasteiger partial charge in [0.25, 0.3) is 0 Å². The summed E-state index contributed by atoms with van der Waals surface area (Å²) in [7, 11) is 0. The Hall–Kier alpha value is -1.77. The summed E-state index contributed by atoms with van der Waals surface area (Å²) < 4.78 is 0. The fourth-order valence-electron chi connectivity index (χ4n) is 1.97. The number of nitrogen functional groups attached to an aromatic ring is 1. The molecule has 2 rings (SSSR count). The molecule has 0 saturated heterocycles. The summed E-state index contributed by atoms with van der Waals surface area (Å²) in [6.07, 6.45) is 1.83. The van der Waals surface area contributed by atoms with Gasteiger partial charge in [0, 0.05) is 12.2 Å². The highest BCUT2D eigenvalue weighted by Gasteiger charge is 2.50. The fourth-order valence-corrected chi connectivity index (χ4v) is 1.97. The van der Waals surface area contributed by atoms with Crippen LogP contribution in [-0.2, 0) is 10.2 Å². The van der Waals surface area contributed by atoms with Crippen LogP contribution in [0.2, 0.25) is 0 Å². The molecule has 1 aliphatic rings. The molecule has 1 aromatic carbocycles. The van der Waals surface area contributed by atoms with Gasteiger partial charge in [-0.2, -0.15) is 0 Å². The SMILES string of the molecule is C=C(C)CNC(=O)C1(c2ccc(N)cc2)CC1. The molecule has 0 aliphatic heterocycles. The van der Waals surface area contributed by atoms with E-state index in [-0.39, 0.29) is 11.3 Å². The third-order valence-electron chi connectivity index (χ3n) is 3.20. The Morgan fingerprint density at radius 2 is 2.00 bits per heavy atom. The highest BCUT2D eigenvalue weighted by atomic mass is 16.2. The predicted octanol–water partition coefficient (Wildman–Crippen LogP) is 1.99. The molecule has 17 heavy (non-hydrogen) atoms. The highest BCUT2D eigenvalue weighted by molar-refractivity contribution is 5.91. The van der Waals surface area contributed by atoms with Crippen molar-refractivity contribution < 1.29 is 4.79 Å². The summed E-state index contributed by atoms with van der Waals surface area (Å²) in [5, 5.41) is 2.93. The van der Waals surface area contributed by atoms with Gasteiger partial charge >= 0.3 is 0 Å². The summed E-state index contributed by atoms with van der Waals surface area (Å²) in [6.45, 7) is 6.24. The van der Waals surface area contributed by atoms with Gasteiger partial charge in [-0.3, -0.25) is 4.79 Å². The van der Waals surface area contributed by atoms with Gasteiger partial charge in [0.05, 0.1) is 5.41 Å². The van der Waals surface area contributed by atoms with E-state index in [1.54, 1.807) is 0 Å². The Labute approximate surface area is 102 Å². The second-order valence-corrected chi connectivity index (χ2v) is 4.84. The van der Waals surface area contributed by atoms with Crippen molar-refractivity contribution in [2.24, 2.45) is 0 Å². The number of anilines is 1. The van der Waals surface area contributed by atoms with Crippen LogP contribution in [0, 0.1) is 0 Å². The maximum absolute atomic E-state index is 12.1. The lowest BCUT2D eigenvalue weighted by molar-refractivity contribution is -0.123. The Morgan fingerprint density at radius 3 is 2.47 bits per heavy atom. The van der Waals surface area contributed by atoms with Crippen molar-refractivity contribution in [2.75, 3.05) is 12.3 Å². The molecule has 1 saturated carbocycles. The molecule has 1 fully saturated rings. The summed E-state index contributed by atoms with van der Waals surface area (Å²) in [5.74, 6) is 0.102. The standard InChI is InChI=1S/C14H18N2O/c1-10(2)9-16-13(17)14(7-8-14)11-3-5-12(15)6-4-11/h3-6H,1,7-9,15H2,2H3,(H,16,17). The topological polar surface area (TPSA) is 55.1 Å². The van der Waals surface area contributed by atoms with Gasteiger partial charge in [0.1, 0.15) is 0 Å². The molecule has 1 aromatic rings. The van der Waals surface area contributed by atoms with Gasteiger partial charge < -0.3 is 11.1 Å². The molecule has 0 heterocycles. The van der Waals surface area contributed by atoms with Crippen LogP contribution in [0.1, 0.15) is 25.3 Å². The number of hydrogen-bond acceptors (Lipinski definition) is 2. The van der Waals surface area contributed by atoms with E-state index in [4.69, 9.17) is 5.73 Å². The molecule has 0 aromatic heterocycles. The van der Waals surface area contributed by atoms with Crippen LogP contribution < -0.4 is 11.1 Å². The molecule has 3 N–H and O–H groups in total. The first-order valence-corrected chi connectivity index (χ1v) is 5.83. The lowest BCUT2D eigenvalue weighted by atomic mass is 9.94. The predicted molar refractivity (Wildman–Crippen MR) is 69.6 cm³/mol. The largest absolute Gasteiger partial charge is 0.399 e. The van der Waals surface area contributed by atoms with Crippen molar-refractivity contribution in [3.63, 3.8) is 0 Å². The van der Waals surface area contributed by atoms with E-state index in [1.165, 1.54) is 0 Å². The van der Waals surface area contributed by atoms with E-state index in [0.717, 1.165) is 29.7 Å². The monoisotopic (exact) mass is 230 g/mol. The molecule has 0 radical (unpaired) electrons. The third-order valence-corrected chi connectivity index (χ3v) is 3.20. The molecular weight excluding hydrogens is 212 g/mol. The fraction of sp³-hybridized carbons (Fsp3) is 0.357. The van der Waals surface area contributed by atoms with Crippen LogP contribution >= 0.6 is 0 Å². The molecule has 3 nitrogen and oxygen atoms in total. The van der Waals surface area contributed by atoms with E-state index in [9.17, 15) is 4.79 Å². The minimum atomic E-state index is -0.316. The second kappa shape index (κ2) is 4.24. The molecule has 1 aliphatic carbocycles. The van der Waals surface area contributed by atoms with Crippen molar-refractivity contribution >= 4 is 11.6 Å². The van der Waals surface area contributed by atoms with Gasteiger partial charge in [-0.25, -0.2) is 0 Å². The number of nitrogens with one attached hydrogen (secondary N) is 1. The van der Waals surface area contributed by atoms with Gasteiger partial charge in [0.15, 0.2) is 0 Å². The third kappa shape index (κ3) is 2.33. The average Bonchev–Trinajstić information content (AvgIpc) is 3.08. The first-order valence-electron chi connectivity index (χ1n) is 5.83. The smallest absolute Gasteiger partial charge is 0.230 e. The maximum atomic E-state index is 12.1. The van der Waals surface area contributed by atoms with Crippen LogP contribution in [0.25, 0.3) is 0 Å². The van der Waals surface area contributed by atoms with Gasteiger partial charge in [-0.1, -0.05) is 24.3 Å². The zero-order valence-corrected chi connectivity index (χ0v) is 10.1. The molecule has 90 valence electrons. The minimum absolute atomic E-state index is 0.102. The second-order valence-electron chi connectivity index (χ2n) is 4.84. The van der Waals surface area contributed by atoms with E-state index < -0.39 is 0 Å². The van der Waals surface area contributed by atoms with Gasteiger partial charge in [0.2, 0.25) is 5.91 Å². The van der Waals surface area contributed by atoms with Crippen LogP contribution in [0.3, 0.4) is 0 Å². The molecule has 1 amide bonds. The Morgan fingerprint density at radius 1 is 1.41 bits per heavy atom. The van der Waals surface area contributed by atoms with E-state index in [0.29, 0.717) is 6.54 Å². The zero-order valence-electron chi connectivity index (χ0n) is 10.1. The number of nitrogens with two attached hydrogens (primary N) is 1. The van der Waals surface area contributed by atoms with Crippen molar-refractivity contribution in [3.8, 4) is 0 Å². The number of carbonyl (C=O) groups is 1. The maximum Gasteiger partial charge on any atom is 0.230 e. The molecule has 3 heteroatoms. The minimum Gasteiger partial charge on any atom is -0.399 e. The van der Waals surface area contributed by atoms with Crippen molar-refractivity contribution in [2.45, 2.75) is 25.2 Å². The molecule has 0 atom stereocenters. The number of carbonyl (C=O) groups excluding carboxylic acids is 1.